The number of methoxy groups -OCH3 is 1. The molecule has 0 atom stereocenters. The van der Waals surface area contributed by atoms with E-state index in [9.17, 15) is 5.26 Å². The number of nitrogen functional groups attached to an aromatic ring is 1. The average Bonchev–Trinajstić information content (AvgIpc) is 2.55. The van der Waals surface area contributed by atoms with Gasteiger partial charge >= 0.3 is 0 Å². The van der Waals surface area contributed by atoms with E-state index in [2.05, 4.69) is 16.4 Å². The van der Waals surface area contributed by atoms with E-state index in [1.165, 1.54) is 0 Å². The Balaban J connectivity index is 2.20. The Bertz CT molecular complexity index is 934. The normalized spacial score (nSPS) is 10.3. The maximum Gasteiger partial charge on any atom is 0.143 e. The van der Waals surface area contributed by atoms with Gasteiger partial charge in [0.25, 0.3) is 0 Å². The maximum absolute atomic E-state index is 9.39. The van der Waals surface area contributed by atoms with Gasteiger partial charge in [0.05, 0.1) is 29.6 Å². The molecule has 2 aromatic carbocycles. The fourth-order valence-corrected chi connectivity index (χ4v) is 2.50. The smallest absolute Gasteiger partial charge is 0.143 e. The molecule has 1 heterocycles. The Hall–Kier alpha value is -3.20. The van der Waals surface area contributed by atoms with Gasteiger partial charge in [-0.05, 0) is 18.2 Å². The van der Waals surface area contributed by atoms with Gasteiger partial charge in [0.1, 0.15) is 19.7 Å². The highest BCUT2D eigenvalue weighted by atomic mass is 16.5. The lowest BCUT2D eigenvalue weighted by molar-refractivity contribution is 0.417. The number of anilines is 3. The lowest BCUT2D eigenvalue weighted by atomic mass is 9.96. The highest BCUT2D eigenvalue weighted by Crippen LogP contribution is 2.34. The molecule has 0 amide bonds. The number of nitriles is 1. The Kier molecular flexibility index (Phi) is 3.77. The first-order valence-electron chi connectivity index (χ1n) is 7.12. The third kappa shape index (κ3) is 2.77. The fourth-order valence-electron chi connectivity index (χ4n) is 2.50. The third-order valence-corrected chi connectivity index (χ3v) is 3.63. The van der Waals surface area contributed by atoms with E-state index in [1.54, 1.807) is 25.4 Å². The molecular formula is C17H15BN4O. The molecular weight excluding hydrogens is 287 g/mol. The van der Waals surface area contributed by atoms with Crippen LogP contribution in [0.4, 0.5) is 17.1 Å². The molecule has 3 N–H and O–H groups in total. The van der Waals surface area contributed by atoms with E-state index in [-0.39, 0.29) is 0 Å². The Morgan fingerprint density at radius 2 is 2.13 bits per heavy atom. The van der Waals surface area contributed by atoms with Crippen LogP contribution in [0.25, 0.3) is 10.9 Å². The van der Waals surface area contributed by atoms with Gasteiger partial charge in [-0.3, -0.25) is 4.98 Å². The molecule has 6 heteroatoms. The van der Waals surface area contributed by atoms with Crippen molar-refractivity contribution in [1.29, 1.82) is 5.26 Å². The summed E-state index contributed by atoms with van der Waals surface area (Å²) in [5.74, 6) is 0.566. The lowest BCUT2D eigenvalue weighted by Gasteiger charge is -2.13. The van der Waals surface area contributed by atoms with Gasteiger partial charge in [0.2, 0.25) is 0 Å². The van der Waals surface area contributed by atoms with Crippen molar-refractivity contribution in [1.82, 2.24) is 4.98 Å². The largest absolute Gasteiger partial charge is 0.495 e. The number of fused-ring (bicyclic) bond motifs is 1. The first-order valence-corrected chi connectivity index (χ1v) is 7.12. The summed E-state index contributed by atoms with van der Waals surface area (Å²) in [4.78, 5) is 4.32. The molecule has 112 valence electrons. The second kappa shape index (κ2) is 5.89. The number of nitrogens with zero attached hydrogens (tertiary/aromatic N) is 2. The summed E-state index contributed by atoms with van der Waals surface area (Å²) in [6.45, 7) is 0. The van der Waals surface area contributed by atoms with E-state index in [0.717, 1.165) is 16.5 Å². The molecule has 23 heavy (non-hydrogen) atoms. The molecule has 0 aliphatic heterocycles. The van der Waals surface area contributed by atoms with Crippen molar-refractivity contribution in [2.45, 2.75) is 0 Å². The maximum atomic E-state index is 9.39. The van der Waals surface area contributed by atoms with Gasteiger partial charge in [-0.15, -0.1) is 0 Å². The van der Waals surface area contributed by atoms with Crippen LogP contribution >= 0.6 is 0 Å². The average molecular weight is 302 g/mol. The van der Waals surface area contributed by atoms with Gasteiger partial charge in [-0.2, -0.15) is 5.26 Å². The molecule has 0 fully saturated rings. The Labute approximate surface area is 135 Å². The molecule has 0 saturated carbocycles. The quantitative estimate of drug-likeness (QED) is 0.568. The van der Waals surface area contributed by atoms with E-state index in [1.807, 2.05) is 32.1 Å². The number of hydrogen-bond donors (Lipinski definition) is 2. The van der Waals surface area contributed by atoms with E-state index in [4.69, 9.17) is 10.5 Å². The molecule has 3 aromatic rings. The second-order valence-corrected chi connectivity index (χ2v) is 5.26. The molecule has 0 bridgehead atoms. The van der Waals surface area contributed by atoms with Crippen molar-refractivity contribution in [3.63, 3.8) is 0 Å². The minimum Gasteiger partial charge on any atom is -0.495 e. The molecule has 3 rings (SSSR count). The van der Waals surface area contributed by atoms with Crippen LogP contribution in [-0.2, 0) is 0 Å². The van der Waals surface area contributed by atoms with Crippen molar-refractivity contribution >= 4 is 41.3 Å². The van der Waals surface area contributed by atoms with Crippen molar-refractivity contribution in [2.75, 3.05) is 18.2 Å². The van der Waals surface area contributed by atoms with Crippen LogP contribution in [-0.4, -0.2) is 19.9 Å². The van der Waals surface area contributed by atoms with Gasteiger partial charge in [-0.25, -0.2) is 0 Å². The number of nitrogens with one attached hydrogen (secondary N) is 1. The number of nitrogens with two attached hydrogens (primary N) is 1. The van der Waals surface area contributed by atoms with Crippen LogP contribution in [0.5, 0.6) is 5.75 Å². The van der Waals surface area contributed by atoms with Crippen LogP contribution < -0.4 is 21.3 Å². The zero-order valence-corrected chi connectivity index (χ0v) is 12.9. The first kappa shape index (κ1) is 14.7. The topological polar surface area (TPSA) is 84.0 Å². The summed E-state index contributed by atoms with van der Waals surface area (Å²) >= 11 is 0. The van der Waals surface area contributed by atoms with Crippen LogP contribution in [0.15, 0.2) is 42.6 Å². The predicted molar refractivity (Wildman–Crippen MR) is 95.3 cm³/mol. The number of pyridine rings is 1. The van der Waals surface area contributed by atoms with Crippen LogP contribution in [0.2, 0.25) is 0 Å². The summed E-state index contributed by atoms with van der Waals surface area (Å²) in [7, 11) is 3.58. The number of rotatable bonds is 3. The minimum absolute atomic E-state index is 0.462. The summed E-state index contributed by atoms with van der Waals surface area (Å²) in [6, 6.07) is 13.7. The van der Waals surface area contributed by atoms with Crippen LogP contribution in [0.1, 0.15) is 5.56 Å². The number of ether oxygens (including phenoxy) is 1. The molecule has 0 unspecified atom stereocenters. The van der Waals surface area contributed by atoms with E-state index >= 15 is 0 Å². The van der Waals surface area contributed by atoms with Gasteiger partial charge in [0.15, 0.2) is 0 Å². The van der Waals surface area contributed by atoms with Crippen molar-refractivity contribution in [3.05, 3.63) is 48.2 Å². The molecule has 0 aliphatic carbocycles. The summed E-state index contributed by atoms with van der Waals surface area (Å²) in [6.07, 6.45) is 1.55. The second-order valence-electron chi connectivity index (χ2n) is 5.26. The molecule has 0 saturated heterocycles. The molecule has 1 aromatic heterocycles. The van der Waals surface area contributed by atoms with Crippen LogP contribution in [0, 0.1) is 11.3 Å². The van der Waals surface area contributed by atoms with E-state index in [0.29, 0.717) is 28.2 Å². The molecule has 5 nitrogen and oxygen atoms in total. The monoisotopic (exact) mass is 302 g/mol. The highest BCUT2D eigenvalue weighted by molar-refractivity contribution is 6.32. The van der Waals surface area contributed by atoms with Crippen molar-refractivity contribution in [3.8, 4) is 11.8 Å². The zero-order valence-electron chi connectivity index (χ0n) is 12.9. The molecule has 0 aliphatic rings. The summed E-state index contributed by atoms with van der Waals surface area (Å²) in [5, 5.41) is 13.5. The summed E-state index contributed by atoms with van der Waals surface area (Å²) < 4.78 is 5.23. The van der Waals surface area contributed by atoms with Gasteiger partial charge in [-0.1, -0.05) is 17.6 Å². The number of hydrogen-bond acceptors (Lipinski definition) is 5. The standard InChI is InChI=1S/C17H15BN4O/c1-23-16-7-15-13(6-14(16)20)17(10(8-19)9-21-15)22-12-4-2-3-11(18)5-12/h2-7,9H,18,20H2,1H3,(H,21,22). The highest BCUT2D eigenvalue weighted by Gasteiger charge is 2.12. The zero-order chi connectivity index (χ0) is 16.4. The van der Waals surface area contributed by atoms with Crippen molar-refractivity contribution in [2.24, 2.45) is 0 Å². The molecule has 0 spiro atoms. The fraction of sp³-hybridized carbons (Fsp3) is 0.0588. The Morgan fingerprint density at radius 1 is 1.30 bits per heavy atom. The van der Waals surface area contributed by atoms with Crippen molar-refractivity contribution < 1.29 is 4.74 Å². The van der Waals surface area contributed by atoms with Crippen LogP contribution in [0.3, 0.4) is 0 Å². The first-order chi connectivity index (χ1) is 11.1. The number of aromatic nitrogens is 1. The van der Waals surface area contributed by atoms with E-state index < -0.39 is 0 Å². The Morgan fingerprint density at radius 3 is 2.83 bits per heavy atom. The predicted octanol–water partition coefficient (Wildman–Crippen LogP) is 1.70. The van der Waals surface area contributed by atoms with Gasteiger partial charge in [0, 0.05) is 23.3 Å². The minimum atomic E-state index is 0.462. The SMILES string of the molecule is Bc1cccc(Nc2c(C#N)cnc3cc(OC)c(N)cc23)c1. The molecule has 0 radical (unpaired) electrons. The number of benzene rings is 2. The third-order valence-electron chi connectivity index (χ3n) is 3.63. The summed E-state index contributed by atoms with van der Waals surface area (Å²) in [5.41, 5.74) is 10.4. The lowest BCUT2D eigenvalue weighted by Crippen LogP contribution is -2.04. The van der Waals surface area contributed by atoms with Gasteiger partial charge < -0.3 is 15.8 Å².